The minimum atomic E-state index is -2.58. The Morgan fingerprint density at radius 1 is 1.32 bits per heavy atom. The van der Waals surface area contributed by atoms with E-state index in [9.17, 15) is 13.9 Å². The lowest BCUT2D eigenvalue weighted by Gasteiger charge is -2.35. The van der Waals surface area contributed by atoms with E-state index in [2.05, 4.69) is 5.32 Å². The van der Waals surface area contributed by atoms with Crippen molar-refractivity contribution < 1.29 is 18.6 Å². The zero-order valence-electron chi connectivity index (χ0n) is 10.8. The lowest BCUT2D eigenvalue weighted by atomic mass is 10.0. The Bertz CT molecular complexity index is 423. The molecule has 1 aromatic carbocycles. The van der Waals surface area contributed by atoms with E-state index in [-0.39, 0.29) is 11.3 Å². The summed E-state index contributed by atoms with van der Waals surface area (Å²) in [6, 6.07) is 3.44. The van der Waals surface area contributed by atoms with Crippen molar-refractivity contribution in [1.29, 1.82) is 0 Å². The van der Waals surface area contributed by atoms with Gasteiger partial charge in [0.25, 0.3) is 6.43 Å². The number of nitrogens with one attached hydrogen (secondary N) is 1. The summed E-state index contributed by atoms with van der Waals surface area (Å²) >= 11 is 0. The van der Waals surface area contributed by atoms with Gasteiger partial charge in [0.2, 0.25) is 0 Å². The molecule has 6 heteroatoms. The number of alkyl halides is 2. The fourth-order valence-electron chi connectivity index (χ4n) is 2.44. The molecule has 0 spiro atoms. The van der Waals surface area contributed by atoms with Gasteiger partial charge in [0.1, 0.15) is 17.5 Å². The Hall–Kier alpha value is -1.40. The molecule has 0 bridgehead atoms. The predicted molar refractivity (Wildman–Crippen MR) is 67.8 cm³/mol. The summed E-state index contributed by atoms with van der Waals surface area (Å²) < 4.78 is 32.0. The Morgan fingerprint density at radius 3 is 2.58 bits per heavy atom. The standard InChI is InChI=1S/C13H18F2N2O2/c1-19-10-4-2-3-9(18)11(10)12(13(14)15)17-7-5-16-6-8-17/h2-4,12-13,16,18H,5-8H2,1H3/t12-/m1/s1. The number of hydrogen-bond donors (Lipinski definition) is 2. The second-order valence-electron chi connectivity index (χ2n) is 4.46. The third-order valence-corrected chi connectivity index (χ3v) is 3.34. The number of phenolic OH excluding ortho intramolecular Hbond substituents is 1. The van der Waals surface area contributed by atoms with Crippen LogP contribution in [0.5, 0.6) is 11.5 Å². The number of hydrogen-bond acceptors (Lipinski definition) is 4. The SMILES string of the molecule is COc1cccc(O)c1[C@H](C(F)F)N1CCNCC1. The molecule has 0 amide bonds. The third-order valence-electron chi connectivity index (χ3n) is 3.34. The molecule has 1 aliphatic rings. The highest BCUT2D eigenvalue weighted by Gasteiger charge is 2.34. The summed E-state index contributed by atoms with van der Waals surface area (Å²) in [7, 11) is 1.42. The Kier molecular flexibility index (Phi) is 4.55. The lowest BCUT2D eigenvalue weighted by molar-refractivity contribution is 0.0158. The summed E-state index contributed by atoms with van der Waals surface area (Å²) in [5, 5.41) is 13.0. The molecule has 0 radical (unpaired) electrons. The average molecular weight is 272 g/mol. The second-order valence-corrected chi connectivity index (χ2v) is 4.46. The molecule has 1 aliphatic heterocycles. The van der Waals surface area contributed by atoms with Gasteiger partial charge in [-0.1, -0.05) is 6.07 Å². The topological polar surface area (TPSA) is 44.7 Å². The molecule has 1 aromatic rings. The molecule has 2 N–H and O–H groups in total. The largest absolute Gasteiger partial charge is 0.507 e. The van der Waals surface area contributed by atoms with Crippen molar-refractivity contribution in [1.82, 2.24) is 10.2 Å². The highest BCUT2D eigenvalue weighted by atomic mass is 19.3. The van der Waals surface area contributed by atoms with Crippen LogP contribution >= 0.6 is 0 Å². The number of piperazine rings is 1. The van der Waals surface area contributed by atoms with Crippen molar-refractivity contribution in [3.05, 3.63) is 23.8 Å². The maximum Gasteiger partial charge on any atom is 0.258 e. The van der Waals surface area contributed by atoms with Crippen molar-refractivity contribution >= 4 is 0 Å². The number of phenols is 1. The maximum absolute atomic E-state index is 13.4. The van der Waals surface area contributed by atoms with Gasteiger partial charge in [-0.2, -0.15) is 0 Å². The number of aromatic hydroxyl groups is 1. The number of nitrogens with zero attached hydrogens (tertiary/aromatic N) is 1. The molecule has 2 rings (SSSR count). The normalized spacial score (nSPS) is 18.5. The van der Waals surface area contributed by atoms with Gasteiger partial charge < -0.3 is 15.2 Å². The zero-order chi connectivity index (χ0) is 13.8. The van der Waals surface area contributed by atoms with Crippen LogP contribution in [0.3, 0.4) is 0 Å². The van der Waals surface area contributed by atoms with Gasteiger partial charge in [-0.3, -0.25) is 4.90 Å². The Morgan fingerprint density at radius 2 is 2.00 bits per heavy atom. The van der Waals surface area contributed by atoms with Crippen LogP contribution in [0.1, 0.15) is 11.6 Å². The summed E-state index contributed by atoms with van der Waals surface area (Å²) in [6.07, 6.45) is -2.58. The van der Waals surface area contributed by atoms with Crippen molar-refractivity contribution in [2.75, 3.05) is 33.3 Å². The maximum atomic E-state index is 13.4. The minimum Gasteiger partial charge on any atom is -0.507 e. The van der Waals surface area contributed by atoms with E-state index in [4.69, 9.17) is 4.74 Å². The van der Waals surface area contributed by atoms with Gasteiger partial charge in [0.15, 0.2) is 0 Å². The molecule has 4 nitrogen and oxygen atoms in total. The molecule has 19 heavy (non-hydrogen) atoms. The zero-order valence-corrected chi connectivity index (χ0v) is 10.8. The van der Waals surface area contributed by atoms with Gasteiger partial charge in [0.05, 0.1) is 12.7 Å². The van der Waals surface area contributed by atoms with Crippen LogP contribution in [0.15, 0.2) is 18.2 Å². The lowest BCUT2D eigenvalue weighted by Crippen LogP contribution is -2.47. The summed E-state index contributed by atoms with van der Waals surface area (Å²) in [4.78, 5) is 1.68. The first-order valence-electron chi connectivity index (χ1n) is 6.24. The monoisotopic (exact) mass is 272 g/mol. The molecule has 1 heterocycles. The first kappa shape index (κ1) is 14.0. The summed E-state index contributed by atoms with van der Waals surface area (Å²) in [5.74, 6) is 0.145. The van der Waals surface area contributed by atoms with Gasteiger partial charge in [-0.15, -0.1) is 0 Å². The van der Waals surface area contributed by atoms with Crippen molar-refractivity contribution in [3.63, 3.8) is 0 Å². The molecular formula is C13H18F2N2O2. The molecule has 1 fully saturated rings. The summed E-state index contributed by atoms with van der Waals surface area (Å²) in [5.41, 5.74) is 0.168. The molecule has 0 aliphatic carbocycles. The van der Waals surface area contributed by atoms with Gasteiger partial charge in [-0.25, -0.2) is 8.78 Å². The highest BCUT2D eigenvalue weighted by Crippen LogP contribution is 2.39. The molecule has 0 unspecified atom stereocenters. The molecule has 0 saturated carbocycles. The van der Waals surface area contributed by atoms with E-state index in [1.54, 1.807) is 17.0 Å². The summed E-state index contributed by atoms with van der Waals surface area (Å²) in [6.45, 7) is 2.37. The van der Waals surface area contributed by atoms with E-state index in [1.165, 1.54) is 13.2 Å². The number of halogens is 2. The van der Waals surface area contributed by atoms with Crippen LogP contribution in [-0.2, 0) is 0 Å². The van der Waals surface area contributed by atoms with Crippen LogP contribution in [0.25, 0.3) is 0 Å². The van der Waals surface area contributed by atoms with Gasteiger partial charge in [-0.05, 0) is 12.1 Å². The molecular weight excluding hydrogens is 254 g/mol. The van der Waals surface area contributed by atoms with E-state index < -0.39 is 12.5 Å². The first-order valence-corrected chi connectivity index (χ1v) is 6.24. The Balaban J connectivity index is 2.38. The Labute approximate surface area is 111 Å². The number of benzene rings is 1. The van der Waals surface area contributed by atoms with Crippen molar-refractivity contribution in [2.24, 2.45) is 0 Å². The molecule has 0 aromatic heterocycles. The number of methoxy groups -OCH3 is 1. The van der Waals surface area contributed by atoms with E-state index in [0.717, 1.165) is 0 Å². The smallest absolute Gasteiger partial charge is 0.258 e. The van der Waals surface area contributed by atoms with E-state index in [1.807, 2.05) is 0 Å². The van der Waals surface area contributed by atoms with E-state index in [0.29, 0.717) is 31.9 Å². The molecule has 1 saturated heterocycles. The van der Waals surface area contributed by atoms with Crippen LogP contribution in [-0.4, -0.2) is 49.7 Å². The highest BCUT2D eigenvalue weighted by molar-refractivity contribution is 5.46. The fraction of sp³-hybridized carbons (Fsp3) is 0.538. The van der Waals surface area contributed by atoms with Gasteiger partial charge >= 0.3 is 0 Å². The minimum absolute atomic E-state index is 0.150. The quantitative estimate of drug-likeness (QED) is 0.874. The fourth-order valence-corrected chi connectivity index (χ4v) is 2.44. The van der Waals surface area contributed by atoms with Crippen LogP contribution in [0.4, 0.5) is 8.78 Å². The molecule has 106 valence electrons. The average Bonchev–Trinajstić information content (AvgIpc) is 2.41. The number of ether oxygens (including phenoxy) is 1. The van der Waals surface area contributed by atoms with Crippen molar-refractivity contribution in [3.8, 4) is 11.5 Å². The first-order chi connectivity index (χ1) is 9.15. The van der Waals surface area contributed by atoms with Gasteiger partial charge in [0, 0.05) is 26.2 Å². The van der Waals surface area contributed by atoms with Crippen LogP contribution in [0, 0.1) is 0 Å². The van der Waals surface area contributed by atoms with Crippen LogP contribution in [0.2, 0.25) is 0 Å². The predicted octanol–water partition coefficient (Wildman–Crippen LogP) is 1.61. The second kappa shape index (κ2) is 6.16. The number of rotatable bonds is 4. The van der Waals surface area contributed by atoms with Crippen molar-refractivity contribution in [2.45, 2.75) is 12.5 Å². The van der Waals surface area contributed by atoms with E-state index >= 15 is 0 Å². The van der Waals surface area contributed by atoms with Crippen LogP contribution < -0.4 is 10.1 Å². The third kappa shape index (κ3) is 2.96. The molecule has 1 atom stereocenters.